The van der Waals surface area contributed by atoms with Crippen LogP contribution in [0.15, 0.2) is 48.5 Å². The minimum absolute atomic E-state index is 0.0711. The standard InChI is InChI=1S/C26H30N2O6/c1-3-12-28(23-15-33-13-22(23)25(30)31)24(29)16(2)27-26(32)34-14-21-19-10-6-4-8-17(19)18-9-5-7-11-20(18)21/h4-11,16,21-23H,3,12-15H2,1-2H3,(H,27,32)(H,30,31)/t16-,22?,23?/m1/s1. The predicted octanol–water partition coefficient (Wildman–Crippen LogP) is 3.25. The number of carbonyl (C=O) groups excluding carboxylic acids is 2. The maximum Gasteiger partial charge on any atom is 0.407 e. The predicted molar refractivity (Wildman–Crippen MR) is 125 cm³/mol. The number of hydrogen-bond acceptors (Lipinski definition) is 5. The van der Waals surface area contributed by atoms with E-state index in [0.29, 0.717) is 13.0 Å². The number of alkyl carbamates (subject to hydrolysis) is 1. The number of amides is 2. The normalized spacial score (nSPS) is 19.7. The summed E-state index contributed by atoms with van der Waals surface area (Å²) in [6, 6.07) is 14.7. The van der Waals surface area contributed by atoms with Crippen LogP contribution in [0.25, 0.3) is 11.1 Å². The third-order valence-corrected chi connectivity index (χ3v) is 6.56. The molecule has 1 aliphatic carbocycles. The molecule has 2 amide bonds. The number of carbonyl (C=O) groups is 3. The van der Waals surface area contributed by atoms with Crippen LogP contribution in [0.2, 0.25) is 0 Å². The van der Waals surface area contributed by atoms with Gasteiger partial charge in [0.25, 0.3) is 0 Å². The Morgan fingerprint density at radius 1 is 1.09 bits per heavy atom. The first kappa shape index (κ1) is 23.8. The molecule has 1 aliphatic heterocycles. The van der Waals surface area contributed by atoms with Crippen LogP contribution in [0.3, 0.4) is 0 Å². The van der Waals surface area contributed by atoms with Gasteiger partial charge in [0.15, 0.2) is 0 Å². The molecule has 0 bridgehead atoms. The zero-order chi connectivity index (χ0) is 24.2. The number of hydrogen-bond donors (Lipinski definition) is 2. The zero-order valence-corrected chi connectivity index (χ0v) is 19.4. The largest absolute Gasteiger partial charge is 0.481 e. The van der Waals surface area contributed by atoms with E-state index in [9.17, 15) is 19.5 Å². The van der Waals surface area contributed by atoms with Crippen molar-refractivity contribution < 1.29 is 29.0 Å². The monoisotopic (exact) mass is 466 g/mol. The molecule has 2 aromatic rings. The van der Waals surface area contributed by atoms with Gasteiger partial charge in [-0.25, -0.2) is 4.79 Å². The molecule has 8 nitrogen and oxygen atoms in total. The topological polar surface area (TPSA) is 105 Å². The van der Waals surface area contributed by atoms with E-state index in [2.05, 4.69) is 17.4 Å². The van der Waals surface area contributed by atoms with E-state index in [1.54, 1.807) is 6.92 Å². The zero-order valence-electron chi connectivity index (χ0n) is 19.4. The van der Waals surface area contributed by atoms with Gasteiger partial charge in [0.2, 0.25) is 5.91 Å². The van der Waals surface area contributed by atoms with Gasteiger partial charge < -0.3 is 24.8 Å². The lowest BCUT2D eigenvalue weighted by molar-refractivity contribution is -0.145. The van der Waals surface area contributed by atoms with Crippen LogP contribution >= 0.6 is 0 Å². The molecule has 0 radical (unpaired) electrons. The van der Waals surface area contributed by atoms with Crippen molar-refractivity contribution in [1.29, 1.82) is 0 Å². The summed E-state index contributed by atoms with van der Waals surface area (Å²) in [6.45, 7) is 4.26. The quantitative estimate of drug-likeness (QED) is 0.619. The first-order valence-electron chi connectivity index (χ1n) is 11.6. The summed E-state index contributed by atoms with van der Waals surface area (Å²) in [5.74, 6) is -2.20. The van der Waals surface area contributed by atoms with Crippen LogP contribution in [-0.2, 0) is 19.1 Å². The molecule has 180 valence electrons. The van der Waals surface area contributed by atoms with Gasteiger partial charge in [-0.3, -0.25) is 9.59 Å². The summed E-state index contributed by atoms with van der Waals surface area (Å²) in [7, 11) is 0. The van der Waals surface area contributed by atoms with E-state index in [0.717, 1.165) is 22.3 Å². The van der Waals surface area contributed by atoms with Crippen molar-refractivity contribution in [3.63, 3.8) is 0 Å². The van der Waals surface area contributed by atoms with Gasteiger partial charge in [0.1, 0.15) is 18.6 Å². The highest BCUT2D eigenvalue weighted by atomic mass is 16.5. The lowest BCUT2D eigenvalue weighted by Crippen LogP contribution is -2.53. The van der Waals surface area contributed by atoms with Gasteiger partial charge in [-0.05, 0) is 35.6 Å². The Morgan fingerprint density at radius 3 is 2.29 bits per heavy atom. The van der Waals surface area contributed by atoms with Gasteiger partial charge in [0, 0.05) is 12.5 Å². The molecule has 8 heteroatoms. The number of carboxylic acid groups (broad SMARTS) is 1. The lowest BCUT2D eigenvalue weighted by atomic mass is 9.98. The summed E-state index contributed by atoms with van der Waals surface area (Å²) < 4.78 is 10.9. The van der Waals surface area contributed by atoms with Crippen LogP contribution in [0.4, 0.5) is 4.79 Å². The average Bonchev–Trinajstić information content (AvgIpc) is 3.44. The summed E-state index contributed by atoms with van der Waals surface area (Å²) in [6.07, 6.45) is -0.0247. The second-order valence-electron chi connectivity index (χ2n) is 8.77. The van der Waals surface area contributed by atoms with Gasteiger partial charge >= 0.3 is 12.1 Å². The molecule has 1 saturated heterocycles. The number of nitrogens with one attached hydrogen (secondary N) is 1. The van der Waals surface area contributed by atoms with Crippen LogP contribution in [-0.4, -0.2) is 66.4 Å². The molecule has 2 aliphatic rings. The fourth-order valence-corrected chi connectivity index (χ4v) is 4.89. The van der Waals surface area contributed by atoms with Crippen molar-refractivity contribution >= 4 is 18.0 Å². The first-order valence-corrected chi connectivity index (χ1v) is 11.6. The minimum atomic E-state index is -0.992. The third kappa shape index (κ3) is 4.63. The van der Waals surface area contributed by atoms with Gasteiger partial charge in [-0.15, -0.1) is 0 Å². The second kappa shape index (κ2) is 10.3. The van der Waals surface area contributed by atoms with Crippen molar-refractivity contribution in [3.05, 3.63) is 59.7 Å². The van der Waals surface area contributed by atoms with E-state index >= 15 is 0 Å². The van der Waals surface area contributed by atoms with Gasteiger partial charge in [-0.1, -0.05) is 55.5 Å². The number of rotatable bonds is 8. The first-order chi connectivity index (χ1) is 16.4. The molecule has 1 heterocycles. The average molecular weight is 467 g/mol. The number of nitrogens with zero attached hydrogens (tertiary/aromatic N) is 1. The maximum absolute atomic E-state index is 13.1. The number of ether oxygens (including phenoxy) is 2. The van der Waals surface area contributed by atoms with Crippen molar-refractivity contribution in [2.24, 2.45) is 5.92 Å². The van der Waals surface area contributed by atoms with Gasteiger partial charge in [0.05, 0.1) is 19.3 Å². The molecule has 34 heavy (non-hydrogen) atoms. The molecule has 2 aromatic carbocycles. The Hall–Kier alpha value is -3.39. The van der Waals surface area contributed by atoms with Crippen LogP contribution in [0, 0.1) is 5.92 Å². The van der Waals surface area contributed by atoms with Crippen molar-refractivity contribution in [1.82, 2.24) is 10.2 Å². The summed E-state index contributed by atoms with van der Waals surface area (Å²) >= 11 is 0. The van der Waals surface area contributed by atoms with Crippen molar-refractivity contribution in [2.45, 2.75) is 38.3 Å². The van der Waals surface area contributed by atoms with E-state index in [-0.39, 0.29) is 31.6 Å². The lowest BCUT2D eigenvalue weighted by Gasteiger charge is -2.32. The Kier molecular flexibility index (Phi) is 7.17. The fraction of sp³-hybridized carbons (Fsp3) is 0.423. The molecule has 0 saturated carbocycles. The van der Waals surface area contributed by atoms with Crippen molar-refractivity contribution in [3.8, 4) is 11.1 Å². The molecule has 1 fully saturated rings. The molecule has 2 unspecified atom stereocenters. The molecular formula is C26H30N2O6. The third-order valence-electron chi connectivity index (χ3n) is 6.56. The smallest absolute Gasteiger partial charge is 0.407 e. The Morgan fingerprint density at radius 2 is 1.71 bits per heavy atom. The summed E-state index contributed by atoms with van der Waals surface area (Å²) in [4.78, 5) is 38.8. The summed E-state index contributed by atoms with van der Waals surface area (Å²) in [5.41, 5.74) is 4.49. The second-order valence-corrected chi connectivity index (χ2v) is 8.77. The van der Waals surface area contributed by atoms with Crippen molar-refractivity contribution in [2.75, 3.05) is 26.4 Å². The van der Waals surface area contributed by atoms with E-state index in [1.807, 2.05) is 43.3 Å². The van der Waals surface area contributed by atoms with Gasteiger partial charge in [-0.2, -0.15) is 0 Å². The van der Waals surface area contributed by atoms with E-state index in [4.69, 9.17) is 9.47 Å². The highest BCUT2D eigenvalue weighted by Gasteiger charge is 2.41. The van der Waals surface area contributed by atoms with E-state index in [1.165, 1.54) is 4.90 Å². The number of benzene rings is 2. The molecule has 4 rings (SSSR count). The highest BCUT2D eigenvalue weighted by Crippen LogP contribution is 2.44. The summed E-state index contributed by atoms with van der Waals surface area (Å²) in [5, 5.41) is 12.1. The van der Waals surface area contributed by atoms with Crippen LogP contribution in [0.1, 0.15) is 37.3 Å². The Balaban J connectivity index is 1.39. The minimum Gasteiger partial charge on any atom is -0.481 e. The maximum atomic E-state index is 13.1. The highest BCUT2D eigenvalue weighted by molar-refractivity contribution is 5.86. The molecule has 0 spiro atoms. The number of carboxylic acids is 1. The molecule has 2 N–H and O–H groups in total. The number of aliphatic carboxylic acids is 1. The molecular weight excluding hydrogens is 436 g/mol. The van der Waals surface area contributed by atoms with Crippen LogP contribution < -0.4 is 5.32 Å². The SMILES string of the molecule is CCCN(C(=O)[C@@H](C)NC(=O)OCC1c2ccccc2-c2ccccc21)C1COCC1C(=O)O. The fourth-order valence-electron chi connectivity index (χ4n) is 4.89. The molecule has 0 aromatic heterocycles. The van der Waals surface area contributed by atoms with Crippen LogP contribution in [0.5, 0.6) is 0 Å². The molecule has 3 atom stereocenters. The Bertz CT molecular complexity index is 1030. The Labute approximate surface area is 198 Å². The van der Waals surface area contributed by atoms with E-state index < -0.39 is 30.1 Å². The number of fused-ring (bicyclic) bond motifs is 3.